The number of aromatic nitrogens is 2. The highest BCUT2D eigenvalue weighted by molar-refractivity contribution is 5.67. The highest BCUT2D eigenvalue weighted by Gasteiger charge is 2.24. The van der Waals surface area contributed by atoms with Gasteiger partial charge in [0.1, 0.15) is 5.82 Å². The minimum atomic E-state index is 0.380. The van der Waals surface area contributed by atoms with E-state index in [1.807, 2.05) is 11.7 Å². The largest absolute Gasteiger partial charge is 0.394 e. The summed E-state index contributed by atoms with van der Waals surface area (Å²) >= 11 is 0. The molecule has 2 rings (SSSR count). The highest BCUT2D eigenvalue weighted by Crippen LogP contribution is 2.33. The molecular formula is C16H30N4. The summed E-state index contributed by atoms with van der Waals surface area (Å²) in [7, 11) is 2.02. The molecule has 1 aromatic heterocycles. The van der Waals surface area contributed by atoms with Crippen LogP contribution in [0.3, 0.4) is 0 Å². The molecule has 20 heavy (non-hydrogen) atoms. The summed E-state index contributed by atoms with van der Waals surface area (Å²) in [5.41, 5.74) is 8.27. The fraction of sp³-hybridized carbons (Fsp3) is 0.812. The number of hydrogen-bond donors (Lipinski definition) is 1. The van der Waals surface area contributed by atoms with E-state index in [1.54, 1.807) is 0 Å². The lowest BCUT2D eigenvalue weighted by atomic mass is 9.89. The van der Waals surface area contributed by atoms with Crippen LogP contribution < -0.4 is 10.6 Å². The molecule has 1 fully saturated rings. The molecule has 0 amide bonds. The predicted molar refractivity (Wildman–Crippen MR) is 86.1 cm³/mol. The lowest BCUT2D eigenvalue weighted by Gasteiger charge is -2.24. The topological polar surface area (TPSA) is 47.1 Å². The zero-order chi connectivity index (χ0) is 14.9. The first-order valence-electron chi connectivity index (χ1n) is 7.99. The van der Waals surface area contributed by atoms with Crippen molar-refractivity contribution >= 4 is 11.5 Å². The normalized spacial score (nSPS) is 20.8. The van der Waals surface area contributed by atoms with Crippen molar-refractivity contribution < 1.29 is 0 Å². The second kappa shape index (κ2) is 6.06. The van der Waals surface area contributed by atoms with Crippen molar-refractivity contribution in [2.45, 2.75) is 52.9 Å². The molecule has 1 saturated heterocycles. The van der Waals surface area contributed by atoms with Gasteiger partial charge in [-0.25, -0.2) is 0 Å². The van der Waals surface area contributed by atoms with Gasteiger partial charge in [-0.05, 0) is 37.0 Å². The Kier molecular flexibility index (Phi) is 4.61. The molecule has 2 N–H and O–H groups in total. The van der Waals surface area contributed by atoms with Crippen LogP contribution in [0.5, 0.6) is 0 Å². The molecule has 1 aromatic rings. The molecule has 1 aliphatic rings. The summed E-state index contributed by atoms with van der Waals surface area (Å²) in [6, 6.07) is 0. The molecule has 0 saturated carbocycles. The average molecular weight is 278 g/mol. The van der Waals surface area contributed by atoms with Crippen molar-refractivity contribution in [3.63, 3.8) is 0 Å². The maximum absolute atomic E-state index is 6.36. The van der Waals surface area contributed by atoms with Crippen LogP contribution in [-0.2, 0) is 7.05 Å². The molecule has 4 heteroatoms. The molecule has 1 aliphatic heterocycles. The monoisotopic (exact) mass is 278 g/mol. The molecule has 0 spiro atoms. The molecule has 1 unspecified atom stereocenters. The number of nitrogens with two attached hydrogens (primary N) is 1. The number of anilines is 2. The van der Waals surface area contributed by atoms with Gasteiger partial charge in [0.05, 0.1) is 11.4 Å². The van der Waals surface area contributed by atoms with Crippen LogP contribution in [0.2, 0.25) is 0 Å². The van der Waals surface area contributed by atoms with Gasteiger partial charge in [-0.3, -0.25) is 4.68 Å². The third kappa shape index (κ3) is 2.94. The molecule has 0 radical (unpaired) electrons. The zero-order valence-corrected chi connectivity index (χ0v) is 13.7. The minimum Gasteiger partial charge on any atom is -0.394 e. The highest BCUT2D eigenvalue weighted by atomic mass is 15.4. The number of aryl methyl sites for hydroxylation is 1. The van der Waals surface area contributed by atoms with Crippen molar-refractivity contribution in [1.29, 1.82) is 0 Å². The van der Waals surface area contributed by atoms with Crippen molar-refractivity contribution in [2.24, 2.45) is 18.9 Å². The van der Waals surface area contributed by atoms with E-state index in [9.17, 15) is 0 Å². The Morgan fingerprint density at radius 3 is 2.40 bits per heavy atom. The molecule has 0 aromatic carbocycles. The van der Waals surface area contributed by atoms with E-state index in [1.165, 1.54) is 19.3 Å². The van der Waals surface area contributed by atoms with Crippen LogP contribution in [0, 0.1) is 11.8 Å². The Morgan fingerprint density at radius 1 is 1.15 bits per heavy atom. The fourth-order valence-electron chi connectivity index (χ4n) is 3.35. The fourth-order valence-corrected chi connectivity index (χ4v) is 3.35. The van der Waals surface area contributed by atoms with Crippen molar-refractivity contribution in [1.82, 2.24) is 9.78 Å². The third-order valence-electron chi connectivity index (χ3n) is 4.64. The van der Waals surface area contributed by atoms with E-state index < -0.39 is 0 Å². The number of rotatable bonds is 3. The molecule has 2 heterocycles. The molecule has 4 nitrogen and oxygen atoms in total. The average Bonchev–Trinajstić information content (AvgIpc) is 2.56. The zero-order valence-electron chi connectivity index (χ0n) is 13.7. The third-order valence-corrected chi connectivity index (χ3v) is 4.64. The van der Waals surface area contributed by atoms with E-state index in [4.69, 9.17) is 5.73 Å². The van der Waals surface area contributed by atoms with E-state index in [-0.39, 0.29) is 0 Å². The van der Waals surface area contributed by atoms with E-state index in [0.29, 0.717) is 5.92 Å². The van der Waals surface area contributed by atoms with Gasteiger partial charge in [0, 0.05) is 20.1 Å². The first-order valence-corrected chi connectivity index (χ1v) is 7.99. The minimum absolute atomic E-state index is 0.380. The van der Waals surface area contributed by atoms with Crippen molar-refractivity contribution in [2.75, 3.05) is 23.7 Å². The van der Waals surface area contributed by atoms with Gasteiger partial charge in [-0.2, -0.15) is 5.10 Å². The molecule has 0 aliphatic carbocycles. The smallest absolute Gasteiger partial charge is 0.150 e. The summed E-state index contributed by atoms with van der Waals surface area (Å²) < 4.78 is 1.97. The van der Waals surface area contributed by atoms with E-state index in [0.717, 1.165) is 42.1 Å². The Hall–Kier alpha value is -1.19. The first-order chi connectivity index (χ1) is 9.41. The van der Waals surface area contributed by atoms with Crippen LogP contribution in [-0.4, -0.2) is 22.9 Å². The maximum atomic E-state index is 6.36. The Balaban J connectivity index is 2.20. The van der Waals surface area contributed by atoms with Gasteiger partial charge in [0.2, 0.25) is 0 Å². The lowest BCUT2D eigenvalue weighted by molar-refractivity contribution is 0.351. The molecular weight excluding hydrogens is 248 g/mol. The first kappa shape index (κ1) is 15.2. The van der Waals surface area contributed by atoms with Crippen LogP contribution in [0.1, 0.15) is 58.6 Å². The summed E-state index contributed by atoms with van der Waals surface area (Å²) in [6.07, 6.45) is 3.85. The molecule has 1 atom stereocenters. The second-order valence-corrected chi connectivity index (χ2v) is 6.82. The second-order valence-electron chi connectivity index (χ2n) is 6.82. The van der Waals surface area contributed by atoms with Gasteiger partial charge in [-0.1, -0.05) is 27.7 Å². The van der Waals surface area contributed by atoms with Gasteiger partial charge >= 0.3 is 0 Å². The quantitative estimate of drug-likeness (QED) is 0.922. The maximum Gasteiger partial charge on any atom is 0.150 e. The summed E-state index contributed by atoms with van der Waals surface area (Å²) in [5.74, 6) is 3.13. The van der Waals surface area contributed by atoms with Gasteiger partial charge in [0.25, 0.3) is 0 Å². The van der Waals surface area contributed by atoms with Crippen molar-refractivity contribution in [3.05, 3.63) is 5.69 Å². The number of nitrogen functional groups attached to an aromatic ring is 1. The van der Waals surface area contributed by atoms with Gasteiger partial charge in [0.15, 0.2) is 0 Å². The standard InChI is InChI=1S/C16H30N4/c1-11(2)13-7-6-9-20(10-8-13)16-14(17)15(12(3)4)18-19(16)5/h11-13H,6-10,17H2,1-5H3. The van der Waals surface area contributed by atoms with E-state index >= 15 is 0 Å². The number of hydrogen-bond acceptors (Lipinski definition) is 3. The van der Waals surface area contributed by atoms with Crippen LogP contribution in [0.15, 0.2) is 0 Å². The summed E-state index contributed by atoms with van der Waals surface area (Å²) in [5, 5.41) is 4.62. The Labute approximate surface area is 123 Å². The Bertz CT molecular complexity index is 448. The van der Waals surface area contributed by atoms with E-state index in [2.05, 4.69) is 37.7 Å². The van der Waals surface area contributed by atoms with Crippen LogP contribution in [0.4, 0.5) is 11.5 Å². The lowest BCUT2D eigenvalue weighted by Crippen LogP contribution is -2.27. The summed E-state index contributed by atoms with van der Waals surface area (Å²) in [4.78, 5) is 2.44. The van der Waals surface area contributed by atoms with Gasteiger partial charge < -0.3 is 10.6 Å². The Morgan fingerprint density at radius 2 is 1.85 bits per heavy atom. The van der Waals surface area contributed by atoms with Crippen LogP contribution in [0.25, 0.3) is 0 Å². The number of nitrogens with zero attached hydrogens (tertiary/aromatic N) is 3. The van der Waals surface area contributed by atoms with Gasteiger partial charge in [-0.15, -0.1) is 0 Å². The summed E-state index contributed by atoms with van der Waals surface area (Å²) in [6.45, 7) is 11.2. The SMILES string of the molecule is CC(C)c1nn(C)c(N2CCCC(C(C)C)CC2)c1N. The van der Waals surface area contributed by atoms with Crippen LogP contribution >= 0.6 is 0 Å². The molecule has 114 valence electrons. The molecule has 0 bridgehead atoms. The van der Waals surface area contributed by atoms with Crippen molar-refractivity contribution in [3.8, 4) is 0 Å². The predicted octanol–water partition coefficient (Wildman–Crippen LogP) is 3.39.